The number of halogens is 2. The van der Waals surface area contributed by atoms with E-state index in [0.29, 0.717) is 16.7 Å². The molecular formula is C24H24Cl2N2O2. The molecule has 3 aromatic carbocycles. The van der Waals surface area contributed by atoms with E-state index in [2.05, 4.69) is 40.5 Å². The Labute approximate surface area is 187 Å². The molecule has 6 heteroatoms. The van der Waals surface area contributed by atoms with Gasteiger partial charge in [0.15, 0.2) is 0 Å². The monoisotopic (exact) mass is 442 g/mol. The summed E-state index contributed by atoms with van der Waals surface area (Å²) in [5.74, 6) is 0.822. The standard InChI is InChI=1S/C24H24Cl2N2O2/c25-23-9-4-19(15-24(23)26)17-30-22-3-1-2-18(14-22)16-27-20-5-7-21(8-6-20)28-10-12-29-13-11-28/h1-9,14-15,27H,10-13,16-17H2. The van der Waals surface area contributed by atoms with Crippen molar-refractivity contribution in [3.05, 3.63) is 87.9 Å². The lowest BCUT2D eigenvalue weighted by Gasteiger charge is -2.28. The average molecular weight is 443 g/mol. The van der Waals surface area contributed by atoms with Crippen LogP contribution in [-0.4, -0.2) is 26.3 Å². The van der Waals surface area contributed by atoms with Crippen LogP contribution in [0.5, 0.6) is 5.75 Å². The summed E-state index contributed by atoms with van der Waals surface area (Å²) in [4.78, 5) is 2.35. The number of hydrogen-bond acceptors (Lipinski definition) is 4. The second kappa shape index (κ2) is 10.1. The summed E-state index contributed by atoms with van der Waals surface area (Å²) in [7, 11) is 0. The van der Waals surface area contributed by atoms with E-state index in [1.165, 1.54) is 5.69 Å². The molecule has 0 aliphatic carbocycles. The van der Waals surface area contributed by atoms with Crippen molar-refractivity contribution in [2.45, 2.75) is 13.2 Å². The van der Waals surface area contributed by atoms with Crippen molar-refractivity contribution in [2.24, 2.45) is 0 Å². The molecule has 3 aromatic rings. The van der Waals surface area contributed by atoms with Crippen LogP contribution < -0.4 is 15.0 Å². The molecule has 1 N–H and O–H groups in total. The Bertz CT molecular complexity index is 973. The first-order valence-corrected chi connectivity index (χ1v) is 10.8. The molecule has 1 aliphatic heterocycles. The van der Waals surface area contributed by atoms with E-state index in [0.717, 1.165) is 55.4 Å². The van der Waals surface area contributed by atoms with E-state index < -0.39 is 0 Å². The normalized spacial score (nSPS) is 13.9. The minimum absolute atomic E-state index is 0.441. The number of benzene rings is 3. The van der Waals surface area contributed by atoms with Gasteiger partial charge in [-0.05, 0) is 59.7 Å². The zero-order valence-corrected chi connectivity index (χ0v) is 18.1. The van der Waals surface area contributed by atoms with Gasteiger partial charge < -0.3 is 19.7 Å². The Hall–Kier alpha value is -2.40. The van der Waals surface area contributed by atoms with Crippen molar-refractivity contribution >= 4 is 34.6 Å². The largest absolute Gasteiger partial charge is 0.489 e. The molecule has 0 radical (unpaired) electrons. The van der Waals surface area contributed by atoms with E-state index in [1.54, 1.807) is 6.07 Å². The van der Waals surface area contributed by atoms with Gasteiger partial charge in [-0.2, -0.15) is 0 Å². The number of rotatable bonds is 7. The first kappa shape index (κ1) is 20.9. The van der Waals surface area contributed by atoms with E-state index in [4.69, 9.17) is 32.7 Å². The number of morpholine rings is 1. The molecule has 0 atom stereocenters. The third kappa shape index (κ3) is 5.60. The van der Waals surface area contributed by atoms with E-state index in [-0.39, 0.29) is 0 Å². The maximum Gasteiger partial charge on any atom is 0.120 e. The van der Waals surface area contributed by atoms with Crippen LogP contribution in [0.2, 0.25) is 10.0 Å². The number of ether oxygens (including phenoxy) is 2. The van der Waals surface area contributed by atoms with Crippen molar-refractivity contribution in [1.29, 1.82) is 0 Å². The predicted molar refractivity (Wildman–Crippen MR) is 124 cm³/mol. The van der Waals surface area contributed by atoms with Gasteiger partial charge in [0.2, 0.25) is 0 Å². The van der Waals surface area contributed by atoms with Gasteiger partial charge in [-0.15, -0.1) is 0 Å². The van der Waals surface area contributed by atoms with Crippen molar-refractivity contribution in [1.82, 2.24) is 0 Å². The van der Waals surface area contributed by atoms with Crippen LogP contribution in [0, 0.1) is 0 Å². The molecule has 1 saturated heterocycles. The van der Waals surface area contributed by atoms with Gasteiger partial charge in [0.05, 0.1) is 23.3 Å². The third-order valence-corrected chi connectivity index (χ3v) is 5.77. The molecule has 0 bridgehead atoms. The second-order valence-electron chi connectivity index (χ2n) is 7.18. The molecule has 156 valence electrons. The first-order valence-electron chi connectivity index (χ1n) is 10.00. The van der Waals surface area contributed by atoms with Crippen molar-refractivity contribution < 1.29 is 9.47 Å². The lowest BCUT2D eigenvalue weighted by atomic mass is 10.2. The van der Waals surface area contributed by atoms with Crippen molar-refractivity contribution in [2.75, 3.05) is 36.5 Å². The van der Waals surface area contributed by atoms with Gasteiger partial charge in [-0.3, -0.25) is 0 Å². The highest BCUT2D eigenvalue weighted by Crippen LogP contribution is 2.24. The Morgan fingerprint density at radius 1 is 0.867 bits per heavy atom. The highest BCUT2D eigenvalue weighted by Gasteiger charge is 2.10. The Kier molecular flexibility index (Phi) is 7.00. The van der Waals surface area contributed by atoms with Crippen molar-refractivity contribution in [3.63, 3.8) is 0 Å². The molecule has 4 nitrogen and oxygen atoms in total. The van der Waals surface area contributed by atoms with Gasteiger partial charge in [-0.25, -0.2) is 0 Å². The van der Waals surface area contributed by atoms with Gasteiger partial charge in [0.25, 0.3) is 0 Å². The molecule has 0 unspecified atom stereocenters. The maximum atomic E-state index is 6.07. The molecular weight excluding hydrogens is 419 g/mol. The van der Waals surface area contributed by atoms with Crippen LogP contribution >= 0.6 is 23.2 Å². The zero-order chi connectivity index (χ0) is 20.8. The topological polar surface area (TPSA) is 33.7 Å². The molecule has 1 aliphatic rings. The molecule has 0 saturated carbocycles. The predicted octanol–water partition coefficient (Wildman–Crippen LogP) is 6.02. The first-order chi connectivity index (χ1) is 14.7. The fourth-order valence-corrected chi connectivity index (χ4v) is 3.68. The van der Waals surface area contributed by atoms with Crippen LogP contribution in [0.1, 0.15) is 11.1 Å². The summed E-state index contributed by atoms with van der Waals surface area (Å²) < 4.78 is 11.3. The molecule has 1 fully saturated rings. The quantitative estimate of drug-likeness (QED) is 0.484. The fraction of sp³-hybridized carbons (Fsp3) is 0.250. The average Bonchev–Trinajstić information content (AvgIpc) is 2.80. The molecule has 1 heterocycles. The Morgan fingerprint density at radius 3 is 2.43 bits per heavy atom. The Morgan fingerprint density at radius 2 is 1.67 bits per heavy atom. The lowest BCUT2D eigenvalue weighted by molar-refractivity contribution is 0.122. The van der Waals surface area contributed by atoms with E-state index in [1.807, 2.05) is 30.3 Å². The summed E-state index contributed by atoms with van der Waals surface area (Å²) in [5.41, 5.74) is 4.46. The second-order valence-corrected chi connectivity index (χ2v) is 8.00. The van der Waals surface area contributed by atoms with Gasteiger partial charge in [0.1, 0.15) is 12.4 Å². The Balaban J connectivity index is 1.31. The number of hydrogen-bond donors (Lipinski definition) is 1. The molecule has 0 spiro atoms. The number of anilines is 2. The molecule has 30 heavy (non-hydrogen) atoms. The zero-order valence-electron chi connectivity index (χ0n) is 16.6. The highest BCUT2D eigenvalue weighted by atomic mass is 35.5. The number of nitrogens with one attached hydrogen (secondary N) is 1. The van der Waals surface area contributed by atoms with Crippen LogP contribution in [0.3, 0.4) is 0 Å². The van der Waals surface area contributed by atoms with Crippen LogP contribution in [0.25, 0.3) is 0 Å². The minimum atomic E-state index is 0.441. The third-order valence-electron chi connectivity index (χ3n) is 5.03. The van der Waals surface area contributed by atoms with E-state index >= 15 is 0 Å². The van der Waals surface area contributed by atoms with Gasteiger partial charge in [0, 0.05) is 31.0 Å². The molecule has 0 amide bonds. The molecule has 4 rings (SSSR count). The van der Waals surface area contributed by atoms with Gasteiger partial charge >= 0.3 is 0 Å². The lowest BCUT2D eigenvalue weighted by Crippen LogP contribution is -2.36. The smallest absolute Gasteiger partial charge is 0.120 e. The summed E-state index contributed by atoms with van der Waals surface area (Å²) >= 11 is 12.0. The summed E-state index contributed by atoms with van der Waals surface area (Å²) in [5, 5.41) is 4.56. The minimum Gasteiger partial charge on any atom is -0.489 e. The SMILES string of the molecule is Clc1ccc(COc2cccc(CNc3ccc(N4CCOCC4)cc3)c2)cc1Cl. The van der Waals surface area contributed by atoms with Gasteiger partial charge in [-0.1, -0.05) is 41.4 Å². The summed E-state index contributed by atoms with van der Waals surface area (Å²) in [6.07, 6.45) is 0. The van der Waals surface area contributed by atoms with Crippen LogP contribution in [-0.2, 0) is 17.9 Å². The fourth-order valence-electron chi connectivity index (χ4n) is 3.36. The summed E-state index contributed by atoms with van der Waals surface area (Å²) in [6, 6.07) is 22.2. The maximum absolute atomic E-state index is 6.07. The number of nitrogens with zero attached hydrogens (tertiary/aromatic N) is 1. The summed E-state index contributed by atoms with van der Waals surface area (Å²) in [6.45, 7) is 4.65. The van der Waals surface area contributed by atoms with Crippen LogP contribution in [0.15, 0.2) is 66.7 Å². The highest BCUT2D eigenvalue weighted by molar-refractivity contribution is 6.42. The van der Waals surface area contributed by atoms with Crippen LogP contribution in [0.4, 0.5) is 11.4 Å². The van der Waals surface area contributed by atoms with Crippen molar-refractivity contribution in [3.8, 4) is 5.75 Å². The molecule has 0 aromatic heterocycles. The van der Waals surface area contributed by atoms with E-state index in [9.17, 15) is 0 Å².